The Balaban J connectivity index is 1.44. The van der Waals surface area contributed by atoms with Gasteiger partial charge in [-0.1, -0.05) is 5.57 Å². The molecule has 2 unspecified atom stereocenters. The number of allylic oxidation sites excluding steroid dienone is 1. The van der Waals surface area contributed by atoms with Crippen LogP contribution in [0, 0.1) is 0 Å². The molecule has 2 heterocycles. The Morgan fingerprint density at radius 3 is 2.66 bits per heavy atom. The maximum Gasteiger partial charge on any atom is 0.293 e. The number of hydrogen-bond acceptors (Lipinski definition) is 5. The molecule has 1 aromatic rings. The third kappa shape index (κ3) is 4.24. The lowest BCUT2D eigenvalue weighted by atomic mass is 9.91. The fraction of sp³-hybridized carbons (Fsp3) is 0.474. The number of rotatable bonds is 3. The van der Waals surface area contributed by atoms with Gasteiger partial charge in [-0.3, -0.25) is 14.5 Å². The number of nitrogens with two attached hydrogens (primary N) is 1. The van der Waals surface area contributed by atoms with Crippen molar-refractivity contribution in [2.45, 2.75) is 55.4 Å². The molecule has 0 spiro atoms. The van der Waals surface area contributed by atoms with E-state index in [0.29, 0.717) is 28.2 Å². The van der Waals surface area contributed by atoms with Crippen LogP contribution in [0.4, 0.5) is 19.3 Å². The molecule has 3 aliphatic rings. The second kappa shape index (κ2) is 7.81. The Labute approximate surface area is 173 Å². The average Bonchev–Trinajstić information content (AvgIpc) is 2.95. The zero-order chi connectivity index (χ0) is 20.8. The molecule has 10 heteroatoms. The van der Waals surface area contributed by atoms with E-state index in [1.807, 2.05) is 0 Å². The van der Waals surface area contributed by atoms with Crippen molar-refractivity contribution in [3.63, 3.8) is 0 Å². The van der Waals surface area contributed by atoms with Crippen LogP contribution in [-0.2, 0) is 22.2 Å². The van der Waals surface area contributed by atoms with Crippen molar-refractivity contribution in [2.75, 3.05) is 11.9 Å². The van der Waals surface area contributed by atoms with Gasteiger partial charge in [0.2, 0.25) is 5.92 Å². The molecule has 3 N–H and O–H groups in total. The predicted molar refractivity (Wildman–Crippen MR) is 108 cm³/mol. The standard InChI is InChI=1S/C19H21F2N3O3S2/c20-19(21)7-5-11(6-8-19)16-17(25)24(18(26)28-16)10-13-2-1-12-9-14(29(22)27)3-4-15(12)23-13/h3-4,9,13,23H,1-2,5-8,10,22H2. The highest BCUT2D eigenvalue weighted by molar-refractivity contribution is 8.18. The third-order valence-corrected chi connectivity index (χ3v) is 7.37. The van der Waals surface area contributed by atoms with Crippen molar-refractivity contribution in [1.82, 2.24) is 4.90 Å². The topological polar surface area (TPSA) is 92.5 Å². The van der Waals surface area contributed by atoms with E-state index in [1.54, 1.807) is 18.2 Å². The molecule has 1 saturated carbocycles. The summed E-state index contributed by atoms with van der Waals surface area (Å²) in [5.74, 6) is -3.06. The number of benzene rings is 1. The maximum atomic E-state index is 13.4. The molecule has 4 rings (SSSR count). The van der Waals surface area contributed by atoms with Crippen LogP contribution < -0.4 is 10.5 Å². The number of nitrogens with zero attached hydrogens (tertiary/aromatic N) is 1. The summed E-state index contributed by atoms with van der Waals surface area (Å²) in [4.78, 5) is 27.3. The number of alkyl halides is 2. The molecule has 0 bridgehead atoms. The van der Waals surface area contributed by atoms with Crippen LogP contribution in [0.25, 0.3) is 0 Å². The van der Waals surface area contributed by atoms with Crippen LogP contribution in [0.2, 0.25) is 0 Å². The van der Waals surface area contributed by atoms with Gasteiger partial charge in [-0.2, -0.15) is 0 Å². The average molecular weight is 442 g/mol. The molecule has 0 aromatic heterocycles. The Bertz CT molecular complexity index is 923. The lowest BCUT2D eigenvalue weighted by molar-refractivity contribution is -0.123. The molecule has 29 heavy (non-hydrogen) atoms. The summed E-state index contributed by atoms with van der Waals surface area (Å²) in [6.07, 6.45) is 1.18. The zero-order valence-corrected chi connectivity index (χ0v) is 17.2. The van der Waals surface area contributed by atoms with E-state index in [4.69, 9.17) is 5.14 Å². The third-order valence-electron chi connectivity index (χ3n) is 5.59. The fourth-order valence-electron chi connectivity index (χ4n) is 3.94. The van der Waals surface area contributed by atoms with E-state index in [9.17, 15) is 22.6 Å². The van der Waals surface area contributed by atoms with Crippen molar-refractivity contribution >= 4 is 39.6 Å². The molecular formula is C19H21F2N3O3S2. The summed E-state index contributed by atoms with van der Waals surface area (Å²) in [5, 5.41) is 8.40. The second-order valence-corrected chi connectivity index (χ2v) is 9.60. The number of imide groups is 1. The summed E-state index contributed by atoms with van der Waals surface area (Å²) in [5.41, 5.74) is 2.54. The first-order valence-corrected chi connectivity index (χ1v) is 11.5. The van der Waals surface area contributed by atoms with E-state index < -0.39 is 16.9 Å². The second-order valence-electron chi connectivity index (χ2n) is 7.57. The van der Waals surface area contributed by atoms with E-state index >= 15 is 0 Å². The number of amides is 2. The first kappa shape index (κ1) is 20.5. The SMILES string of the molecule is NS(=O)c1ccc2c(c1)CCC(CN1C(=O)SC(=C3CCC(F)(F)CC3)C1=O)N2. The first-order valence-electron chi connectivity index (χ1n) is 9.43. The minimum atomic E-state index is -2.68. The van der Waals surface area contributed by atoms with E-state index in [2.05, 4.69) is 5.32 Å². The van der Waals surface area contributed by atoms with Gasteiger partial charge in [-0.15, -0.1) is 0 Å². The lowest BCUT2D eigenvalue weighted by Gasteiger charge is -2.29. The van der Waals surface area contributed by atoms with Gasteiger partial charge in [0.05, 0.1) is 9.80 Å². The Hall–Kier alpha value is -1.78. The van der Waals surface area contributed by atoms with Crippen LogP contribution >= 0.6 is 11.8 Å². The van der Waals surface area contributed by atoms with Gasteiger partial charge in [-0.25, -0.2) is 18.1 Å². The first-order chi connectivity index (χ1) is 13.7. The van der Waals surface area contributed by atoms with Crippen LogP contribution in [0.15, 0.2) is 33.6 Å². The number of thioether (sulfide) groups is 1. The molecule has 6 nitrogen and oxygen atoms in total. The zero-order valence-electron chi connectivity index (χ0n) is 15.6. The molecule has 2 aliphatic heterocycles. The Morgan fingerprint density at radius 2 is 1.97 bits per heavy atom. The summed E-state index contributed by atoms with van der Waals surface area (Å²) in [6, 6.07) is 5.19. The Morgan fingerprint density at radius 1 is 1.24 bits per heavy atom. The summed E-state index contributed by atoms with van der Waals surface area (Å²) in [6.45, 7) is 0.224. The number of nitrogens with one attached hydrogen (secondary N) is 1. The monoisotopic (exact) mass is 441 g/mol. The predicted octanol–water partition coefficient (Wildman–Crippen LogP) is 3.55. The number of carbonyl (C=O) groups is 2. The molecule has 2 atom stereocenters. The molecule has 1 aliphatic carbocycles. The van der Waals surface area contributed by atoms with E-state index in [1.165, 1.54) is 4.90 Å². The van der Waals surface area contributed by atoms with E-state index in [0.717, 1.165) is 23.0 Å². The summed E-state index contributed by atoms with van der Waals surface area (Å²) < 4.78 is 38.2. The number of aryl methyl sites for hydroxylation is 1. The summed E-state index contributed by atoms with van der Waals surface area (Å²) >= 11 is 0.864. The number of halogens is 2. The van der Waals surface area contributed by atoms with Gasteiger partial charge in [-0.05, 0) is 61.2 Å². The van der Waals surface area contributed by atoms with Gasteiger partial charge < -0.3 is 5.32 Å². The largest absolute Gasteiger partial charge is 0.380 e. The van der Waals surface area contributed by atoms with Crippen molar-refractivity contribution in [3.8, 4) is 0 Å². The minimum absolute atomic E-state index is 0.106. The van der Waals surface area contributed by atoms with Gasteiger partial charge >= 0.3 is 0 Å². The number of hydrogen-bond donors (Lipinski definition) is 2. The highest BCUT2D eigenvalue weighted by atomic mass is 32.2. The molecule has 1 saturated heterocycles. The van der Waals surface area contributed by atoms with Gasteiger partial charge in [0.25, 0.3) is 11.1 Å². The van der Waals surface area contributed by atoms with Crippen molar-refractivity contribution in [1.29, 1.82) is 0 Å². The molecule has 0 radical (unpaired) electrons. The smallest absolute Gasteiger partial charge is 0.293 e. The lowest BCUT2D eigenvalue weighted by Crippen LogP contribution is -2.41. The quantitative estimate of drug-likeness (QED) is 0.700. The van der Waals surface area contributed by atoms with Gasteiger partial charge in [0, 0.05) is 31.1 Å². The van der Waals surface area contributed by atoms with Gasteiger partial charge in [0.15, 0.2) is 0 Å². The van der Waals surface area contributed by atoms with Gasteiger partial charge in [0.1, 0.15) is 11.0 Å². The molecule has 2 fully saturated rings. The highest BCUT2D eigenvalue weighted by Crippen LogP contribution is 2.42. The van der Waals surface area contributed by atoms with E-state index in [-0.39, 0.29) is 49.4 Å². The number of carbonyl (C=O) groups excluding carboxylic acids is 2. The minimum Gasteiger partial charge on any atom is -0.380 e. The van der Waals surface area contributed by atoms with Crippen molar-refractivity contribution < 1.29 is 22.6 Å². The van der Waals surface area contributed by atoms with Crippen LogP contribution in [0.5, 0.6) is 0 Å². The van der Waals surface area contributed by atoms with Crippen LogP contribution in [0.1, 0.15) is 37.7 Å². The number of fused-ring (bicyclic) bond motifs is 1. The number of anilines is 1. The molecular weight excluding hydrogens is 420 g/mol. The van der Waals surface area contributed by atoms with Crippen LogP contribution in [-0.4, -0.2) is 38.8 Å². The molecule has 2 amide bonds. The highest BCUT2D eigenvalue weighted by Gasteiger charge is 2.41. The van der Waals surface area contributed by atoms with Crippen molar-refractivity contribution in [2.24, 2.45) is 5.14 Å². The molecule has 156 valence electrons. The van der Waals surface area contributed by atoms with Crippen molar-refractivity contribution in [3.05, 3.63) is 34.2 Å². The fourth-order valence-corrected chi connectivity index (χ4v) is 5.39. The maximum absolute atomic E-state index is 13.4. The normalized spacial score (nSPS) is 25.1. The van der Waals surface area contributed by atoms with Crippen LogP contribution in [0.3, 0.4) is 0 Å². The molecule has 1 aromatic carbocycles. The summed E-state index contributed by atoms with van der Waals surface area (Å²) in [7, 11) is -1.54. The Kier molecular flexibility index (Phi) is 5.52.